The maximum absolute atomic E-state index is 4.54. The number of rotatable bonds is 5. The first kappa shape index (κ1) is 14.3. The highest BCUT2D eigenvalue weighted by molar-refractivity contribution is 9.10. The zero-order valence-corrected chi connectivity index (χ0v) is 13.2. The Bertz CT molecular complexity index is 516. The van der Waals surface area contributed by atoms with Gasteiger partial charge in [-0.1, -0.05) is 28.1 Å². The highest BCUT2D eigenvalue weighted by atomic mass is 79.9. The summed E-state index contributed by atoms with van der Waals surface area (Å²) in [6.45, 7) is 7.23. The summed E-state index contributed by atoms with van der Waals surface area (Å²) < 4.78 is 3.10. The van der Waals surface area contributed by atoms with Crippen LogP contribution < -0.4 is 5.32 Å². The largest absolute Gasteiger partial charge is 0.304 e. The Kier molecular flexibility index (Phi) is 4.77. The summed E-state index contributed by atoms with van der Waals surface area (Å²) in [4.78, 5) is 0. The van der Waals surface area contributed by atoms with Crippen LogP contribution in [0.25, 0.3) is 0 Å². The topological polar surface area (TPSA) is 29.9 Å². The molecule has 2 aromatic rings. The number of halogens is 1. The lowest BCUT2D eigenvalue weighted by molar-refractivity contribution is 0.512. The highest BCUT2D eigenvalue weighted by Gasteiger charge is 2.06. The molecular formula is C15H20BrN3. The molecule has 19 heavy (non-hydrogen) atoms. The molecule has 0 saturated heterocycles. The summed E-state index contributed by atoms with van der Waals surface area (Å²) in [5, 5.41) is 8.03. The predicted octanol–water partition coefficient (Wildman–Crippen LogP) is 4.08. The second-order valence-corrected chi connectivity index (χ2v) is 5.95. The predicted molar refractivity (Wildman–Crippen MR) is 82.0 cm³/mol. The van der Waals surface area contributed by atoms with Gasteiger partial charge >= 0.3 is 0 Å². The van der Waals surface area contributed by atoms with E-state index in [9.17, 15) is 0 Å². The lowest BCUT2D eigenvalue weighted by Crippen LogP contribution is -2.18. The maximum atomic E-state index is 4.54. The first-order chi connectivity index (χ1) is 9.06. The average Bonchev–Trinajstić information content (AvgIpc) is 2.86. The molecule has 0 bridgehead atoms. The fourth-order valence-corrected chi connectivity index (χ4v) is 2.15. The summed E-state index contributed by atoms with van der Waals surface area (Å²) >= 11 is 3.45. The van der Waals surface area contributed by atoms with Gasteiger partial charge in [-0.15, -0.1) is 0 Å². The molecule has 1 heterocycles. The third-order valence-corrected chi connectivity index (χ3v) is 3.68. The van der Waals surface area contributed by atoms with E-state index in [1.54, 1.807) is 0 Å². The van der Waals surface area contributed by atoms with Crippen LogP contribution in [0.4, 0.5) is 0 Å². The van der Waals surface area contributed by atoms with E-state index in [0.717, 1.165) is 16.7 Å². The monoisotopic (exact) mass is 321 g/mol. The first-order valence-corrected chi connectivity index (χ1v) is 7.38. The van der Waals surface area contributed by atoms with Gasteiger partial charge in [0.1, 0.15) is 0 Å². The van der Waals surface area contributed by atoms with E-state index in [-0.39, 0.29) is 0 Å². The molecule has 0 aliphatic rings. The molecule has 0 amide bonds. The lowest BCUT2D eigenvalue weighted by atomic mass is 10.1. The van der Waals surface area contributed by atoms with E-state index < -0.39 is 0 Å². The van der Waals surface area contributed by atoms with Crippen molar-refractivity contribution in [3.05, 3.63) is 52.3 Å². The number of hydrogen-bond acceptors (Lipinski definition) is 2. The van der Waals surface area contributed by atoms with Crippen molar-refractivity contribution in [1.82, 2.24) is 15.1 Å². The lowest BCUT2D eigenvalue weighted by Gasteiger charge is -2.13. The van der Waals surface area contributed by atoms with E-state index in [1.165, 1.54) is 5.56 Å². The Labute approximate surface area is 123 Å². The Hall–Kier alpha value is -1.13. The molecule has 3 nitrogen and oxygen atoms in total. The van der Waals surface area contributed by atoms with Crippen molar-refractivity contribution in [2.75, 3.05) is 0 Å². The minimum absolute atomic E-state index is 0.317. The summed E-state index contributed by atoms with van der Waals surface area (Å²) in [6, 6.07) is 11.2. The molecule has 1 unspecified atom stereocenters. The number of benzene rings is 1. The second kappa shape index (κ2) is 6.35. The van der Waals surface area contributed by atoms with Crippen LogP contribution in [0.5, 0.6) is 0 Å². The van der Waals surface area contributed by atoms with Crippen molar-refractivity contribution in [3.63, 3.8) is 0 Å². The molecule has 1 N–H and O–H groups in total. The maximum Gasteiger partial charge on any atom is 0.0762 e. The van der Waals surface area contributed by atoms with Gasteiger partial charge in [0.25, 0.3) is 0 Å². The fourth-order valence-electron chi connectivity index (χ4n) is 1.89. The molecular weight excluding hydrogens is 302 g/mol. The summed E-state index contributed by atoms with van der Waals surface area (Å²) in [5.74, 6) is 0. The summed E-state index contributed by atoms with van der Waals surface area (Å²) in [7, 11) is 0. The Morgan fingerprint density at radius 2 is 1.84 bits per heavy atom. The molecule has 102 valence electrons. The van der Waals surface area contributed by atoms with Crippen LogP contribution in [-0.2, 0) is 6.54 Å². The van der Waals surface area contributed by atoms with Crippen LogP contribution in [0.15, 0.2) is 41.0 Å². The standard InChI is InChI=1S/C15H20BrN3/c1-11(2)19-9-8-15(18-19)10-17-12(3)13-4-6-14(16)7-5-13/h4-9,11-12,17H,10H2,1-3H3. The van der Waals surface area contributed by atoms with Crippen molar-refractivity contribution >= 4 is 15.9 Å². The van der Waals surface area contributed by atoms with Gasteiger partial charge in [0.2, 0.25) is 0 Å². The SMILES string of the molecule is CC(NCc1ccn(C(C)C)n1)c1ccc(Br)cc1. The quantitative estimate of drug-likeness (QED) is 0.899. The summed E-state index contributed by atoms with van der Waals surface area (Å²) in [6.07, 6.45) is 2.03. The van der Waals surface area contributed by atoms with Gasteiger partial charge in [-0.2, -0.15) is 5.10 Å². The Morgan fingerprint density at radius 3 is 2.42 bits per heavy atom. The van der Waals surface area contributed by atoms with Crippen LogP contribution >= 0.6 is 15.9 Å². The molecule has 0 spiro atoms. The molecule has 4 heteroatoms. The zero-order chi connectivity index (χ0) is 13.8. The van der Waals surface area contributed by atoms with Crippen LogP contribution in [-0.4, -0.2) is 9.78 Å². The van der Waals surface area contributed by atoms with Crippen molar-refractivity contribution < 1.29 is 0 Å². The van der Waals surface area contributed by atoms with E-state index in [4.69, 9.17) is 0 Å². The molecule has 2 rings (SSSR count). The van der Waals surface area contributed by atoms with Crippen molar-refractivity contribution in [3.8, 4) is 0 Å². The zero-order valence-electron chi connectivity index (χ0n) is 11.6. The van der Waals surface area contributed by atoms with Gasteiger partial charge in [0.15, 0.2) is 0 Å². The second-order valence-electron chi connectivity index (χ2n) is 5.03. The molecule has 1 aromatic heterocycles. The van der Waals surface area contributed by atoms with Crippen molar-refractivity contribution in [2.45, 2.75) is 39.4 Å². The third-order valence-electron chi connectivity index (χ3n) is 3.15. The van der Waals surface area contributed by atoms with Crippen molar-refractivity contribution in [2.24, 2.45) is 0 Å². The molecule has 0 fully saturated rings. The number of nitrogens with one attached hydrogen (secondary N) is 1. The van der Waals surface area contributed by atoms with Crippen molar-refractivity contribution in [1.29, 1.82) is 0 Å². The molecule has 0 radical (unpaired) electrons. The van der Waals surface area contributed by atoms with Crippen LogP contribution in [0.1, 0.15) is 44.1 Å². The van der Waals surface area contributed by atoms with Gasteiger partial charge in [0, 0.05) is 29.3 Å². The van der Waals surface area contributed by atoms with E-state index >= 15 is 0 Å². The Balaban J connectivity index is 1.92. The minimum atomic E-state index is 0.317. The molecule has 1 aromatic carbocycles. The normalized spacial score (nSPS) is 12.9. The fraction of sp³-hybridized carbons (Fsp3) is 0.400. The van der Waals surface area contributed by atoms with Gasteiger partial charge in [-0.05, 0) is 44.5 Å². The smallest absolute Gasteiger partial charge is 0.0762 e. The van der Waals surface area contributed by atoms with E-state index in [2.05, 4.69) is 77.4 Å². The minimum Gasteiger partial charge on any atom is -0.304 e. The van der Waals surface area contributed by atoms with E-state index in [0.29, 0.717) is 12.1 Å². The molecule has 0 aliphatic heterocycles. The van der Waals surface area contributed by atoms with E-state index in [1.807, 2.05) is 10.9 Å². The Morgan fingerprint density at radius 1 is 1.16 bits per heavy atom. The van der Waals surface area contributed by atoms with Gasteiger partial charge in [-0.25, -0.2) is 0 Å². The van der Waals surface area contributed by atoms with Gasteiger partial charge < -0.3 is 5.32 Å². The molecule has 1 atom stereocenters. The number of nitrogens with zero attached hydrogens (tertiary/aromatic N) is 2. The molecule has 0 aliphatic carbocycles. The highest BCUT2D eigenvalue weighted by Crippen LogP contribution is 2.16. The van der Waals surface area contributed by atoms with Crippen LogP contribution in [0.3, 0.4) is 0 Å². The van der Waals surface area contributed by atoms with Crippen LogP contribution in [0, 0.1) is 0 Å². The summed E-state index contributed by atoms with van der Waals surface area (Å²) in [5.41, 5.74) is 2.36. The van der Waals surface area contributed by atoms with Crippen LogP contribution in [0.2, 0.25) is 0 Å². The average molecular weight is 322 g/mol. The van der Waals surface area contributed by atoms with Gasteiger partial charge in [0.05, 0.1) is 5.69 Å². The van der Waals surface area contributed by atoms with Gasteiger partial charge in [-0.3, -0.25) is 4.68 Å². The first-order valence-electron chi connectivity index (χ1n) is 6.59. The third kappa shape index (κ3) is 3.91. The number of aromatic nitrogens is 2. The molecule has 0 saturated carbocycles. The number of hydrogen-bond donors (Lipinski definition) is 1.